The Morgan fingerprint density at radius 3 is 2.45 bits per heavy atom. The van der Waals surface area contributed by atoms with Crippen molar-refractivity contribution in [3.63, 3.8) is 0 Å². The lowest BCUT2D eigenvalue weighted by atomic mass is 9.93. The average Bonchev–Trinajstić information content (AvgIpc) is 2.78. The first-order valence-corrected chi connectivity index (χ1v) is 8.00. The summed E-state index contributed by atoms with van der Waals surface area (Å²) in [5.41, 5.74) is 5.06. The lowest BCUT2D eigenvalue weighted by Crippen LogP contribution is -1.93. The zero-order valence-electron chi connectivity index (χ0n) is 12.1. The first kappa shape index (κ1) is 13.5. The van der Waals surface area contributed by atoms with E-state index in [0.29, 0.717) is 4.48 Å². The van der Waals surface area contributed by atoms with Crippen LogP contribution in [0.4, 0.5) is 0 Å². The molecule has 0 amide bonds. The van der Waals surface area contributed by atoms with E-state index in [1.165, 1.54) is 10.8 Å². The molecule has 3 aromatic carbocycles. The molecule has 1 nitrogen and oxygen atoms in total. The smallest absolute Gasteiger partial charge is 0.201 e. The van der Waals surface area contributed by atoms with Crippen LogP contribution < -0.4 is 0 Å². The molecule has 106 valence electrons. The second-order valence-electron chi connectivity index (χ2n) is 5.59. The number of hydrogen-bond acceptors (Lipinski definition) is 1. The minimum Gasteiger partial charge on any atom is -0.288 e. The molecule has 0 spiro atoms. The Labute approximate surface area is 137 Å². The fourth-order valence-electron chi connectivity index (χ4n) is 3.12. The van der Waals surface area contributed by atoms with Gasteiger partial charge in [0.25, 0.3) is 0 Å². The van der Waals surface area contributed by atoms with E-state index in [0.717, 1.165) is 27.8 Å². The Hall–Kier alpha value is -2.19. The Kier molecular flexibility index (Phi) is 3.02. The number of ketones is 1. The topological polar surface area (TPSA) is 17.1 Å². The summed E-state index contributed by atoms with van der Waals surface area (Å²) in [4.78, 5) is 12.5. The fourth-order valence-corrected chi connectivity index (χ4v) is 3.76. The molecule has 0 bridgehead atoms. The molecule has 0 saturated heterocycles. The SMILES string of the molecule is Cc1ccc2c(c1)C(c1cccc3ccccc13)=C(Br)C2=O. The highest BCUT2D eigenvalue weighted by atomic mass is 79.9. The maximum atomic E-state index is 12.5. The zero-order valence-corrected chi connectivity index (χ0v) is 13.6. The molecule has 3 aromatic rings. The number of fused-ring (bicyclic) bond motifs is 2. The molecule has 0 aliphatic heterocycles. The number of halogens is 1. The quantitative estimate of drug-likeness (QED) is 0.567. The van der Waals surface area contributed by atoms with E-state index in [1.54, 1.807) is 0 Å². The number of benzene rings is 3. The molecular weight excluding hydrogens is 336 g/mol. The summed E-state index contributed by atoms with van der Waals surface area (Å²) in [6.45, 7) is 2.05. The van der Waals surface area contributed by atoms with Gasteiger partial charge in [0.05, 0.1) is 4.48 Å². The van der Waals surface area contributed by atoms with Crippen LogP contribution in [0.1, 0.15) is 27.0 Å². The van der Waals surface area contributed by atoms with Crippen LogP contribution in [-0.4, -0.2) is 5.78 Å². The van der Waals surface area contributed by atoms with Gasteiger partial charge in [0.15, 0.2) is 0 Å². The van der Waals surface area contributed by atoms with Crippen LogP contribution in [0.3, 0.4) is 0 Å². The number of hydrogen-bond donors (Lipinski definition) is 0. The standard InChI is InChI=1S/C20H13BrO/c1-12-9-10-16-17(11-12)18(19(21)20(16)22)15-8-4-6-13-5-2-3-7-14(13)15/h2-11H,1H3. The number of rotatable bonds is 1. The van der Waals surface area contributed by atoms with E-state index in [1.807, 2.05) is 30.3 Å². The summed E-state index contributed by atoms with van der Waals surface area (Å²) in [6, 6.07) is 20.5. The van der Waals surface area contributed by atoms with Gasteiger partial charge >= 0.3 is 0 Å². The van der Waals surface area contributed by atoms with Gasteiger partial charge in [0, 0.05) is 11.1 Å². The van der Waals surface area contributed by atoms with Gasteiger partial charge in [-0.2, -0.15) is 0 Å². The third kappa shape index (κ3) is 1.87. The normalized spacial score (nSPS) is 13.8. The van der Waals surface area contributed by atoms with Gasteiger partial charge in [-0.15, -0.1) is 0 Å². The molecule has 2 heteroatoms. The van der Waals surface area contributed by atoms with Gasteiger partial charge in [-0.25, -0.2) is 0 Å². The van der Waals surface area contributed by atoms with E-state index < -0.39 is 0 Å². The molecule has 0 atom stereocenters. The second-order valence-corrected chi connectivity index (χ2v) is 6.39. The van der Waals surface area contributed by atoms with Crippen molar-refractivity contribution in [2.24, 2.45) is 0 Å². The van der Waals surface area contributed by atoms with Crippen LogP contribution in [0.2, 0.25) is 0 Å². The molecule has 4 rings (SSSR count). The van der Waals surface area contributed by atoms with Crippen molar-refractivity contribution >= 4 is 38.1 Å². The van der Waals surface area contributed by atoms with Gasteiger partial charge in [0.1, 0.15) is 0 Å². The molecule has 1 aliphatic rings. The third-order valence-electron chi connectivity index (χ3n) is 4.17. The molecule has 0 heterocycles. The zero-order chi connectivity index (χ0) is 15.3. The van der Waals surface area contributed by atoms with Crippen molar-refractivity contribution in [2.45, 2.75) is 6.92 Å². The van der Waals surface area contributed by atoms with Crippen LogP contribution in [0, 0.1) is 6.92 Å². The van der Waals surface area contributed by atoms with Crippen LogP contribution >= 0.6 is 15.9 Å². The minimum atomic E-state index is 0.0675. The molecule has 0 aromatic heterocycles. The summed E-state index contributed by atoms with van der Waals surface area (Å²) in [5, 5.41) is 2.35. The molecule has 0 radical (unpaired) electrons. The number of Topliss-reactive ketones (excluding diaryl/α,β-unsaturated/α-hetero) is 1. The lowest BCUT2D eigenvalue weighted by Gasteiger charge is -2.10. The summed E-state index contributed by atoms with van der Waals surface area (Å²) < 4.78 is 0.657. The second kappa shape index (κ2) is 4.92. The first-order chi connectivity index (χ1) is 10.7. The van der Waals surface area contributed by atoms with Crippen LogP contribution in [0.5, 0.6) is 0 Å². The minimum absolute atomic E-state index is 0.0675. The van der Waals surface area contributed by atoms with Gasteiger partial charge in [-0.05, 0) is 44.8 Å². The van der Waals surface area contributed by atoms with Crippen LogP contribution in [0.15, 0.2) is 65.1 Å². The summed E-state index contributed by atoms with van der Waals surface area (Å²) in [5.74, 6) is 0.0675. The van der Waals surface area contributed by atoms with E-state index >= 15 is 0 Å². The monoisotopic (exact) mass is 348 g/mol. The Balaban J connectivity index is 2.07. The highest BCUT2D eigenvalue weighted by Crippen LogP contribution is 2.42. The van der Waals surface area contributed by atoms with E-state index in [-0.39, 0.29) is 5.78 Å². The van der Waals surface area contributed by atoms with Crippen molar-refractivity contribution < 1.29 is 4.79 Å². The predicted molar refractivity (Wildman–Crippen MR) is 94.4 cm³/mol. The van der Waals surface area contributed by atoms with Gasteiger partial charge in [-0.1, -0.05) is 66.2 Å². The number of carbonyl (C=O) groups is 1. The van der Waals surface area contributed by atoms with Gasteiger partial charge < -0.3 is 0 Å². The molecular formula is C20H13BrO. The van der Waals surface area contributed by atoms with Crippen molar-refractivity contribution in [1.82, 2.24) is 0 Å². The van der Waals surface area contributed by atoms with Gasteiger partial charge in [0.2, 0.25) is 5.78 Å². The molecule has 0 N–H and O–H groups in total. The maximum Gasteiger partial charge on any atom is 0.201 e. The molecule has 1 aliphatic carbocycles. The number of allylic oxidation sites excluding steroid dienone is 1. The highest BCUT2D eigenvalue weighted by molar-refractivity contribution is 9.12. The third-order valence-corrected chi connectivity index (χ3v) is 4.92. The molecule has 0 saturated carbocycles. The van der Waals surface area contributed by atoms with Crippen molar-refractivity contribution in [3.8, 4) is 0 Å². The highest BCUT2D eigenvalue weighted by Gasteiger charge is 2.29. The van der Waals surface area contributed by atoms with Crippen molar-refractivity contribution in [1.29, 1.82) is 0 Å². The van der Waals surface area contributed by atoms with E-state index in [2.05, 4.69) is 53.2 Å². The lowest BCUT2D eigenvalue weighted by molar-refractivity contribution is 0.104. The fraction of sp³-hybridized carbons (Fsp3) is 0.0500. The molecule has 22 heavy (non-hydrogen) atoms. The van der Waals surface area contributed by atoms with Crippen molar-refractivity contribution in [3.05, 3.63) is 87.4 Å². The van der Waals surface area contributed by atoms with Crippen LogP contribution in [0.25, 0.3) is 16.3 Å². The predicted octanol–water partition coefficient (Wildman–Crippen LogP) is 5.50. The van der Waals surface area contributed by atoms with Crippen LogP contribution in [-0.2, 0) is 0 Å². The van der Waals surface area contributed by atoms with Crippen molar-refractivity contribution in [2.75, 3.05) is 0 Å². The largest absolute Gasteiger partial charge is 0.288 e. The van der Waals surface area contributed by atoms with Gasteiger partial charge in [-0.3, -0.25) is 4.79 Å². The maximum absolute atomic E-state index is 12.5. The summed E-state index contributed by atoms with van der Waals surface area (Å²) >= 11 is 3.53. The Bertz CT molecular complexity index is 961. The van der Waals surface area contributed by atoms with E-state index in [4.69, 9.17) is 0 Å². The average molecular weight is 349 g/mol. The summed E-state index contributed by atoms with van der Waals surface area (Å²) in [7, 11) is 0. The number of carbonyl (C=O) groups excluding carboxylic acids is 1. The Morgan fingerprint density at radius 2 is 1.59 bits per heavy atom. The number of aryl methyl sites for hydroxylation is 1. The Morgan fingerprint density at radius 1 is 0.818 bits per heavy atom. The molecule has 0 unspecified atom stereocenters. The first-order valence-electron chi connectivity index (χ1n) is 7.20. The van der Waals surface area contributed by atoms with E-state index in [9.17, 15) is 4.79 Å². The summed E-state index contributed by atoms with van der Waals surface area (Å²) in [6.07, 6.45) is 0. The molecule has 0 fully saturated rings.